The molecule has 0 saturated heterocycles. The minimum atomic E-state index is -1.77. The summed E-state index contributed by atoms with van der Waals surface area (Å²) >= 11 is 6.86. The van der Waals surface area contributed by atoms with Crippen LogP contribution in [0.4, 0.5) is 22.7 Å². The fourth-order valence-electron chi connectivity index (χ4n) is 11.7. The van der Waals surface area contributed by atoms with Crippen molar-refractivity contribution >= 4 is 115 Å². The van der Waals surface area contributed by atoms with Gasteiger partial charge in [-0.15, -0.1) is 0 Å². The van der Waals surface area contributed by atoms with Gasteiger partial charge < -0.3 is 29.1 Å². The molecule has 0 radical (unpaired) electrons. The van der Waals surface area contributed by atoms with E-state index in [0.717, 1.165) is 65.1 Å². The summed E-state index contributed by atoms with van der Waals surface area (Å²) in [6.07, 6.45) is 15.8. The number of benzene rings is 2. The van der Waals surface area contributed by atoms with Gasteiger partial charge in [0.1, 0.15) is 22.6 Å². The summed E-state index contributed by atoms with van der Waals surface area (Å²) in [5.74, 6) is 0. The highest BCUT2D eigenvalue weighted by Crippen LogP contribution is 2.45. The van der Waals surface area contributed by atoms with E-state index >= 15 is 0 Å². The quantitative estimate of drug-likeness (QED) is 0.0906. The van der Waals surface area contributed by atoms with E-state index in [4.69, 9.17) is 9.97 Å². The summed E-state index contributed by atoms with van der Waals surface area (Å²) in [4.78, 5) is 24.1. The first-order valence-corrected chi connectivity index (χ1v) is 31.2. The lowest BCUT2D eigenvalue weighted by atomic mass is 10.3. The minimum absolute atomic E-state index is 0.655. The molecule has 2 aromatic carbocycles. The Labute approximate surface area is 445 Å². The molecule has 10 nitrogen and oxygen atoms in total. The third kappa shape index (κ3) is 11.7. The van der Waals surface area contributed by atoms with Gasteiger partial charge in [0.15, 0.2) is 16.5 Å². The molecule has 0 amide bonds. The van der Waals surface area contributed by atoms with Gasteiger partial charge in [-0.3, -0.25) is 0 Å². The maximum Gasteiger partial charge on any atom is 0.171 e. The van der Waals surface area contributed by atoms with Crippen LogP contribution in [0.5, 0.6) is 0 Å². The van der Waals surface area contributed by atoms with Crippen molar-refractivity contribution in [2.24, 2.45) is 0 Å². The first-order chi connectivity index (χ1) is 34.5. The molecule has 0 bridgehead atoms. The molecule has 4 N–H and O–H groups in total. The Kier molecular flexibility index (Phi) is 17.9. The van der Waals surface area contributed by atoms with Crippen molar-refractivity contribution < 1.29 is 0 Å². The van der Waals surface area contributed by atoms with E-state index in [0.29, 0.717) is 33.2 Å². The molecule has 0 fully saturated rings. The van der Waals surface area contributed by atoms with Gasteiger partial charge in [-0.05, 0) is 150 Å². The van der Waals surface area contributed by atoms with E-state index in [1.165, 1.54) is 10.8 Å². The maximum atomic E-state index is 4.89. The molecular formula is C58H72Br2N10Si2. The Morgan fingerprint density at radius 2 is 0.750 bits per heavy atom. The summed E-state index contributed by atoms with van der Waals surface area (Å²) in [5, 5.41) is 11.5. The van der Waals surface area contributed by atoms with Crippen LogP contribution in [0.3, 0.4) is 0 Å². The van der Waals surface area contributed by atoms with Gasteiger partial charge in [-0.25, -0.2) is 19.9 Å². The van der Waals surface area contributed by atoms with Gasteiger partial charge in [0.2, 0.25) is 0 Å². The highest BCUT2D eigenvalue weighted by atomic mass is 79.9. The highest BCUT2D eigenvalue weighted by Gasteiger charge is 2.47. The van der Waals surface area contributed by atoms with Crippen molar-refractivity contribution in [2.45, 2.75) is 116 Å². The number of nitrogens with zero attached hydrogens (tertiary/aromatic N) is 6. The van der Waals surface area contributed by atoms with Gasteiger partial charge in [0.05, 0.1) is 23.8 Å². The van der Waals surface area contributed by atoms with E-state index in [1.807, 2.05) is 97.7 Å². The number of fused-ring (bicyclic) bond motifs is 4. The maximum absolute atomic E-state index is 4.89. The van der Waals surface area contributed by atoms with Crippen LogP contribution in [-0.2, 0) is 0 Å². The number of rotatable bonds is 12. The second-order valence-electron chi connectivity index (χ2n) is 20.5. The fraction of sp³-hybridized carbons (Fsp3) is 0.310. The van der Waals surface area contributed by atoms with E-state index in [2.05, 4.69) is 209 Å². The van der Waals surface area contributed by atoms with Crippen LogP contribution in [-0.4, -0.2) is 54.8 Å². The van der Waals surface area contributed by atoms with Gasteiger partial charge in [-0.1, -0.05) is 119 Å². The van der Waals surface area contributed by atoms with Crippen LogP contribution in [0.2, 0.25) is 33.2 Å². The minimum Gasteiger partial charge on any atom is -0.359 e. The largest absolute Gasteiger partial charge is 0.359 e. The average Bonchev–Trinajstić information content (AvgIpc) is 4.18. The third-order valence-electron chi connectivity index (χ3n) is 14.3. The predicted molar refractivity (Wildman–Crippen MR) is 319 cm³/mol. The number of para-hydroxylation sites is 2. The molecule has 8 heterocycles. The fourth-order valence-corrected chi connectivity index (χ4v) is 25.5. The molecule has 0 atom stereocenters. The van der Waals surface area contributed by atoms with Crippen molar-refractivity contribution in [1.29, 1.82) is 0 Å². The van der Waals surface area contributed by atoms with Crippen molar-refractivity contribution in [3.63, 3.8) is 0 Å². The number of hydrogen-bond donors (Lipinski definition) is 4. The number of anilines is 4. The molecule has 0 aliphatic rings. The lowest BCUT2D eigenvalue weighted by molar-refractivity contribution is 0.770. The van der Waals surface area contributed by atoms with Crippen molar-refractivity contribution in [3.05, 3.63) is 168 Å². The Morgan fingerprint density at radius 1 is 0.403 bits per heavy atom. The molecule has 0 spiro atoms. The normalized spacial score (nSPS) is 11.9. The number of halogens is 2. The lowest BCUT2D eigenvalue weighted by Crippen LogP contribution is -2.51. The highest BCUT2D eigenvalue weighted by molar-refractivity contribution is 9.10. The molecule has 10 rings (SSSR count). The van der Waals surface area contributed by atoms with E-state index in [1.54, 1.807) is 6.20 Å². The Balaban J connectivity index is 0.000000147. The molecule has 0 saturated carbocycles. The van der Waals surface area contributed by atoms with E-state index in [9.17, 15) is 0 Å². The van der Waals surface area contributed by atoms with Gasteiger partial charge in [-0.2, -0.15) is 0 Å². The van der Waals surface area contributed by atoms with Crippen molar-refractivity contribution in [2.75, 3.05) is 10.6 Å². The molecule has 376 valence electrons. The zero-order valence-electron chi connectivity index (χ0n) is 43.9. The summed E-state index contributed by atoms with van der Waals surface area (Å²) in [5.41, 5.74) is 12.3. The monoisotopic (exact) mass is 1120 g/mol. The number of nitrogens with one attached hydrogen (secondary N) is 4. The predicted octanol–water partition coefficient (Wildman–Crippen LogP) is 18.3. The summed E-state index contributed by atoms with van der Waals surface area (Å²) in [6.45, 7) is 28.7. The third-order valence-corrected chi connectivity index (χ3v) is 28.7. The number of aromatic nitrogens is 8. The summed E-state index contributed by atoms with van der Waals surface area (Å²) < 4.78 is 7.18. The lowest BCUT2D eigenvalue weighted by Gasteiger charge is -2.44. The van der Waals surface area contributed by atoms with Gasteiger partial charge >= 0.3 is 0 Å². The smallest absolute Gasteiger partial charge is 0.171 e. The van der Waals surface area contributed by atoms with Crippen molar-refractivity contribution in [3.8, 4) is 0 Å². The molecular weight excluding hydrogens is 1050 g/mol. The Morgan fingerprint density at radius 3 is 1.19 bits per heavy atom. The van der Waals surface area contributed by atoms with Crippen LogP contribution < -0.4 is 10.6 Å². The topological polar surface area (TPSA) is 117 Å². The number of pyridine rings is 4. The van der Waals surface area contributed by atoms with Gasteiger partial charge in [0.25, 0.3) is 0 Å². The van der Waals surface area contributed by atoms with Crippen LogP contribution >= 0.6 is 31.9 Å². The van der Waals surface area contributed by atoms with Gasteiger partial charge in [0, 0.05) is 66.7 Å². The molecule has 72 heavy (non-hydrogen) atoms. The summed E-state index contributed by atoms with van der Waals surface area (Å²) in [7, 11) is -3.47. The van der Waals surface area contributed by atoms with Crippen LogP contribution in [0, 0.1) is 0 Å². The second kappa shape index (κ2) is 23.8. The molecule has 0 aliphatic heterocycles. The van der Waals surface area contributed by atoms with Crippen molar-refractivity contribution in [1.82, 2.24) is 38.4 Å². The summed E-state index contributed by atoms with van der Waals surface area (Å²) in [6, 6.07) is 37.2. The Bertz CT molecular complexity index is 3240. The van der Waals surface area contributed by atoms with E-state index < -0.39 is 16.5 Å². The number of hydrogen-bond acceptors (Lipinski definition) is 6. The number of aromatic amines is 2. The number of H-pyrrole nitrogens is 2. The van der Waals surface area contributed by atoms with Crippen LogP contribution in [0.25, 0.3) is 44.1 Å². The molecule has 8 aromatic heterocycles. The molecule has 0 aliphatic carbocycles. The van der Waals surface area contributed by atoms with Crippen LogP contribution in [0.15, 0.2) is 168 Å². The van der Waals surface area contributed by atoms with Crippen LogP contribution in [0.1, 0.15) is 83.1 Å². The first kappa shape index (κ1) is 54.0. The Hall–Kier alpha value is -5.81. The molecule has 10 aromatic rings. The zero-order valence-corrected chi connectivity index (χ0v) is 49.1. The first-order valence-electron chi connectivity index (χ1n) is 25.2. The van der Waals surface area contributed by atoms with E-state index in [-0.39, 0.29) is 0 Å². The SMILES string of the molecule is Brc1cnc2[nH]ccc2c1.CC(C)[Si](C(C)C)(C(C)C)n1ccc2cc(Br)cnc21.CC(C)[Si](C(C)C)(C(C)C)n1ccc2cc(Nc3ccccc3)cnc21.c1ccc(Nc2cnc3[nH]ccc3c2)cc1. The second-order valence-corrected chi connectivity index (χ2v) is 33.7. The average molecular weight is 1130 g/mol. The standard InChI is InChI=1S/C22H31N3Si.C16H25BrN2Si.C13H11N3.C7H5BrN2/c1-16(2)26(17(3)4,18(5)6)25-13-12-19-14-21(15-23-22(19)25)24-20-10-8-7-9-11-20;1-11(2)20(12(3)4,13(5)6)19-8-7-14-9-15(17)10-18-16(14)19;1-2-4-11(5-3-1)16-12-8-10-6-7-14-13(10)15-9-12;8-6-3-5-1-2-9-7(5)10-4-6/h7-18,24H,1-6H3;7-13H,1-6H3;1-9,16H,(H,14,15);1-4H,(H,9,10). The molecule has 14 heteroatoms. The zero-order chi connectivity index (χ0) is 51.7. The molecule has 0 unspecified atom stereocenters.